The monoisotopic (exact) mass is 213 g/mol. The lowest BCUT2D eigenvalue weighted by atomic mass is 9.87. The molecule has 0 spiro atoms. The molecule has 0 bridgehead atoms. The average Bonchev–Trinajstić information content (AvgIpc) is 2.19. The van der Waals surface area contributed by atoms with Crippen LogP contribution in [0.15, 0.2) is 0 Å². The molecular formula is C13H27NO. The minimum atomic E-state index is -0.0118. The summed E-state index contributed by atoms with van der Waals surface area (Å²) in [5.74, 6) is 1.63. The summed E-state index contributed by atoms with van der Waals surface area (Å²) < 4.78 is 0. The SMILES string of the molecule is CC(C)CCN(C)CC1CCC(O)CC1. The van der Waals surface area contributed by atoms with Gasteiger partial charge in [0.25, 0.3) is 0 Å². The van der Waals surface area contributed by atoms with E-state index in [0.717, 1.165) is 24.7 Å². The predicted octanol–water partition coefficient (Wildman–Crippen LogP) is 2.52. The Kier molecular flexibility index (Phi) is 5.62. The van der Waals surface area contributed by atoms with Crippen LogP contribution in [0, 0.1) is 11.8 Å². The molecule has 0 atom stereocenters. The van der Waals surface area contributed by atoms with E-state index in [0.29, 0.717) is 0 Å². The van der Waals surface area contributed by atoms with Crippen LogP contribution in [0.25, 0.3) is 0 Å². The number of hydrogen-bond acceptors (Lipinski definition) is 2. The summed E-state index contributed by atoms with van der Waals surface area (Å²) in [6.45, 7) is 7.01. The molecule has 1 N–H and O–H groups in total. The molecule has 1 aliphatic rings. The molecule has 0 unspecified atom stereocenters. The molecule has 0 aromatic carbocycles. The number of rotatable bonds is 5. The van der Waals surface area contributed by atoms with Gasteiger partial charge < -0.3 is 10.0 Å². The van der Waals surface area contributed by atoms with Crippen molar-refractivity contribution in [2.75, 3.05) is 20.1 Å². The Bertz CT molecular complexity index is 162. The molecule has 0 aliphatic heterocycles. The Balaban J connectivity index is 2.12. The van der Waals surface area contributed by atoms with E-state index in [9.17, 15) is 5.11 Å². The zero-order valence-corrected chi connectivity index (χ0v) is 10.6. The van der Waals surface area contributed by atoms with Crippen molar-refractivity contribution in [3.05, 3.63) is 0 Å². The molecule has 2 heteroatoms. The molecule has 0 saturated heterocycles. The van der Waals surface area contributed by atoms with Crippen molar-refractivity contribution >= 4 is 0 Å². The van der Waals surface area contributed by atoms with Crippen molar-refractivity contribution < 1.29 is 5.11 Å². The van der Waals surface area contributed by atoms with Crippen molar-refractivity contribution in [3.63, 3.8) is 0 Å². The zero-order valence-electron chi connectivity index (χ0n) is 10.6. The molecule has 0 amide bonds. The van der Waals surface area contributed by atoms with Crippen molar-refractivity contribution in [1.29, 1.82) is 0 Å². The molecule has 0 aromatic heterocycles. The fraction of sp³-hybridized carbons (Fsp3) is 1.00. The molecule has 0 aromatic rings. The largest absolute Gasteiger partial charge is 0.393 e. The van der Waals surface area contributed by atoms with Crippen LogP contribution in [0.1, 0.15) is 46.0 Å². The van der Waals surface area contributed by atoms with Crippen LogP contribution in [-0.2, 0) is 0 Å². The summed E-state index contributed by atoms with van der Waals surface area (Å²) >= 11 is 0. The van der Waals surface area contributed by atoms with Gasteiger partial charge in [-0.1, -0.05) is 13.8 Å². The Labute approximate surface area is 94.7 Å². The molecule has 1 rings (SSSR count). The number of aliphatic hydroxyl groups is 1. The second kappa shape index (κ2) is 6.49. The van der Waals surface area contributed by atoms with Crippen LogP contribution in [-0.4, -0.2) is 36.2 Å². The molecule has 1 saturated carbocycles. The normalized spacial score (nSPS) is 27.6. The van der Waals surface area contributed by atoms with E-state index < -0.39 is 0 Å². The van der Waals surface area contributed by atoms with Gasteiger partial charge in [-0.05, 0) is 57.5 Å². The van der Waals surface area contributed by atoms with Crippen LogP contribution >= 0.6 is 0 Å². The molecule has 0 heterocycles. The van der Waals surface area contributed by atoms with Crippen molar-refractivity contribution in [3.8, 4) is 0 Å². The van der Waals surface area contributed by atoms with Gasteiger partial charge in [0, 0.05) is 6.54 Å². The van der Waals surface area contributed by atoms with E-state index in [2.05, 4.69) is 25.8 Å². The van der Waals surface area contributed by atoms with Crippen LogP contribution in [0.3, 0.4) is 0 Å². The maximum Gasteiger partial charge on any atom is 0.0540 e. The minimum Gasteiger partial charge on any atom is -0.393 e. The maximum absolute atomic E-state index is 9.42. The van der Waals surface area contributed by atoms with Gasteiger partial charge in [-0.3, -0.25) is 0 Å². The third-order valence-corrected chi connectivity index (χ3v) is 3.47. The standard InChI is InChI=1S/C13H27NO/c1-11(2)8-9-14(3)10-12-4-6-13(15)7-5-12/h11-13,15H,4-10H2,1-3H3. The van der Waals surface area contributed by atoms with Crippen LogP contribution in [0.4, 0.5) is 0 Å². The van der Waals surface area contributed by atoms with Gasteiger partial charge in [0.2, 0.25) is 0 Å². The number of nitrogens with zero attached hydrogens (tertiary/aromatic N) is 1. The zero-order chi connectivity index (χ0) is 11.3. The Morgan fingerprint density at radius 3 is 2.33 bits per heavy atom. The third-order valence-electron chi connectivity index (χ3n) is 3.47. The second-order valence-electron chi connectivity index (χ2n) is 5.62. The second-order valence-corrected chi connectivity index (χ2v) is 5.62. The van der Waals surface area contributed by atoms with E-state index in [1.807, 2.05) is 0 Å². The van der Waals surface area contributed by atoms with E-state index in [1.165, 1.54) is 32.4 Å². The lowest BCUT2D eigenvalue weighted by Gasteiger charge is -2.29. The molecule has 15 heavy (non-hydrogen) atoms. The summed E-state index contributed by atoms with van der Waals surface area (Å²) in [5, 5.41) is 9.42. The molecular weight excluding hydrogens is 186 g/mol. The first kappa shape index (κ1) is 13.0. The Hall–Kier alpha value is -0.0800. The Morgan fingerprint density at radius 2 is 1.80 bits per heavy atom. The van der Waals surface area contributed by atoms with E-state index in [1.54, 1.807) is 0 Å². The van der Waals surface area contributed by atoms with E-state index in [-0.39, 0.29) is 6.10 Å². The van der Waals surface area contributed by atoms with Gasteiger partial charge in [0.15, 0.2) is 0 Å². The van der Waals surface area contributed by atoms with Gasteiger partial charge in [-0.15, -0.1) is 0 Å². The number of hydrogen-bond donors (Lipinski definition) is 1. The van der Waals surface area contributed by atoms with Crippen molar-refractivity contribution in [2.24, 2.45) is 11.8 Å². The molecule has 2 nitrogen and oxygen atoms in total. The Morgan fingerprint density at radius 1 is 1.20 bits per heavy atom. The molecule has 1 fully saturated rings. The molecule has 90 valence electrons. The lowest BCUT2D eigenvalue weighted by molar-refractivity contribution is 0.0971. The van der Waals surface area contributed by atoms with Crippen molar-refractivity contribution in [2.45, 2.75) is 52.1 Å². The molecule has 1 aliphatic carbocycles. The summed E-state index contributed by atoms with van der Waals surface area (Å²) in [6, 6.07) is 0. The summed E-state index contributed by atoms with van der Waals surface area (Å²) in [6.07, 6.45) is 5.75. The topological polar surface area (TPSA) is 23.5 Å². The maximum atomic E-state index is 9.42. The smallest absolute Gasteiger partial charge is 0.0540 e. The highest BCUT2D eigenvalue weighted by Crippen LogP contribution is 2.24. The fourth-order valence-electron chi connectivity index (χ4n) is 2.34. The van der Waals surface area contributed by atoms with Gasteiger partial charge in [-0.2, -0.15) is 0 Å². The first-order valence-electron chi connectivity index (χ1n) is 6.44. The summed E-state index contributed by atoms with van der Waals surface area (Å²) in [7, 11) is 2.23. The summed E-state index contributed by atoms with van der Waals surface area (Å²) in [5.41, 5.74) is 0. The van der Waals surface area contributed by atoms with Crippen LogP contribution in [0.5, 0.6) is 0 Å². The predicted molar refractivity (Wildman–Crippen MR) is 64.9 cm³/mol. The third kappa shape index (κ3) is 5.53. The fourth-order valence-corrected chi connectivity index (χ4v) is 2.34. The van der Waals surface area contributed by atoms with E-state index in [4.69, 9.17) is 0 Å². The van der Waals surface area contributed by atoms with Crippen LogP contribution < -0.4 is 0 Å². The minimum absolute atomic E-state index is 0.0118. The van der Waals surface area contributed by atoms with Gasteiger partial charge in [-0.25, -0.2) is 0 Å². The highest BCUT2D eigenvalue weighted by molar-refractivity contribution is 4.73. The summed E-state index contributed by atoms with van der Waals surface area (Å²) in [4.78, 5) is 2.46. The quantitative estimate of drug-likeness (QED) is 0.758. The highest BCUT2D eigenvalue weighted by atomic mass is 16.3. The first-order valence-corrected chi connectivity index (χ1v) is 6.44. The van der Waals surface area contributed by atoms with Crippen molar-refractivity contribution in [1.82, 2.24) is 4.90 Å². The van der Waals surface area contributed by atoms with Gasteiger partial charge in [0.05, 0.1) is 6.10 Å². The van der Waals surface area contributed by atoms with E-state index >= 15 is 0 Å². The highest BCUT2D eigenvalue weighted by Gasteiger charge is 2.20. The average molecular weight is 213 g/mol. The van der Waals surface area contributed by atoms with Gasteiger partial charge in [0.1, 0.15) is 0 Å². The first-order chi connectivity index (χ1) is 7.08. The van der Waals surface area contributed by atoms with Crippen LogP contribution in [0.2, 0.25) is 0 Å². The van der Waals surface area contributed by atoms with Gasteiger partial charge >= 0.3 is 0 Å². The molecule has 0 radical (unpaired) electrons. The lowest BCUT2D eigenvalue weighted by Crippen LogP contribution is -2.30. The number of aliphatic hydroxyl groups excluding tert-OH is 1.